The van der Waals surface area contributed by atoms with E-state index >= 15 is 0 Å². The van der Waals surface area contributed by atoms with Crippen LogP contribution in [0.1, 0.15) is 51.8 Å². The highest BCUT2D eigenvalue weighted by atomic mass is 32.1. The van der Waals surface area contributed by atoms with Crippen LogP contribution in [-0.2, 0) is 60.8 Å². The Bertz CT molecular complexity index is 2250. The molecule has 0 aliphatic rings. The lowest BCUT2D eigenvalue weighted by atomic mass is 10.0. The number of guanidine groups is 1. The average Bonchev–Trinajstić information content (AvgIpc) is 3.87. The van der Waals surface area contributed by atoms with Crippen molar-refractivity contribution in [3.8, 4) is 5.75 Å². The molecule has 0 radical (unpaired) electrons. The number of thiol groups is 2. The number of aliphatic imine (C=N–C) groups is 1. The van der Waals surface area contributed by atoms with Gasteiger partial charge in [-0.3, -0.25) is 48.1 Å². The van der Waals surface area contributed by atoms with Gasteiger partial charge in [0.15, 0.2) is 5.96 Å². The maximum atomic E-state index is 13.9. The predicted molar refractivity (Wildman–Crippen MR) is 274 cm³/mol. The van der Waals surface area contributed by atoms with E-state index in [1.54, 1.807) is 27.7 Å². The quantitative estimate of drug-likeness (QED) is 0.0140. The highest BCUT2D eigenvalue weighted by molar-refractivity contribution is 7.80. The van der Waals surface area contributed by atoms with Crippen LogP contribution in [0.3, 0.4) is 0 Å². The van der Waals surface area contributed by atoms with Gasteiger partial charge in [0.2, 0.25) is 53.2 Å². The van der Waals surface area contributed by atoms with Gasteiger partial charge >= 0.3 is 5.97 Å². The number of phenols is 1. The number of aliphatic hydroxyl groups is 1. The van der Waals surface area contributed by atoms with Crippen molar-refractivity contribution >= 4 is 90.4 Å². The Morgan fingerprint density at radius 2 is 1.18 bits per heavy atom. The highest BCUT2D eigenvalue weighted by Gasteiger charge is 2.33. The Balaban J connectivity index is 2.17. The van der Waals surface area contributed by atoms with Crippen molar-refractivity contribution in [1.29, 1.82) is 0 Å². The van der Waals surface area contributed by atoms with Crippen molar-refractivity contribution < 1.29 is 63.3 Å². The standard InChI is InChI=1S/C44H69N15O13S2/c1-21(2)34(41(69)51-16-33(63)58-35(22(3)4)42(70)54-27(6-5-11-49-44(46)47)38(66)57-31(19-74)43(71)72)59-40(68)28(12-23-7-9-25(61)10-8-23)53-32(62)15-50-37(65)30(17-60)56-39(67)29(13-24-14-48-20-52-24)55-36(64)26(45)18-73/h7-10,14,20-22,26-31,34-35,60-61,73-74H,5-6,11-13,15-19,45H2,1-4H3,(H,48,52)(H,50,65)(H,51,69)(H,53,62)(H,54,70)(H,55,64)(H,56,67)(H,57,66)(H,58,63)(H,59,68)(H,71,72)(H4,46,47,49)/t26-,27-,28-,29-,30-,31-,34-,35-/m0/s1. The van der Waals surface area contributed by atoms with E-state index in [4.69, 9.17) is 17.2 Å². The first kappa shape index (κ1) is 62.9. The number of benzene rings is 1. The molecule has 0 aliphatic carbocycles. The maximum Gasteiger partial charge on any atom is 0.327 e. The van der Waals surface area contributed by atoms with Crippen LogP contribution in [0.2, 0.25) is 0 Å². The summed E-state index contributed by atoms with van der Waals surface area (Å²) >= 11 is 7.95. The smallest absolute Gasteiger partial charge is 0.327 e. The van der Waals surface area contributed by atoms with Crippen LogP contribution in [0.15, 0.2) is 41.8 Å². The number of carbonyl (C=O) groups excluding carboxylic acids is 9. The number of phenolic OH excluding ortho intramolecular Hbond substituents is 1. The van der Waals surface area contributed by atoms with Crippen molar-refractivity contribution in [2.24, 2.45) is 34.0 Å². The number of hydrogen-bond donors (Lipinski definition) is 18. The van der Waals surface area contributed by atoms with E-state index in [1.807, 2.05) is 0 Å². The Morgan fingerprint density at radius 3 is 1.72 bits per heavy atom. The molecule has 1 aromatic heterocycles. The zero-order valence-electron chi connectivity index (χ0n) is 41.3. The number of aliphatic carboxylic acids is 1. The summed E-state index contributed by atoms with van der Waals surface area (Å²) in [6, 6.07) is -4.99. The van der Waals surface area contributed by atoms with Gasteiger partial charge in [0.25, 0.3) is 0 Å². The fourth-order valence-electron chi connectivity index (χ4n) is 6.58. The largest absolute Gasteiger partial charge is 0.508 e. The molecule has 2 rings (SSSR count). The van der Waals surface area contributed by atoms with Crippen molar-refractivity contribution in [2.45, 2.75) is 102 Å². The summed E-state index contributed by atoms with van der Waals surface area (Å²) in [5.41, 5.74) is 17.4. The zero-order chi connectivity index (χ0) is 55.7. The van der Waals surface area contributed by atoms with Crippen LogP contribution in [-0.4, -0.2) is 176 Å². The van der Waals surface area contributed by atoms with Gasteiger partial charge in [-0.25, -0.2) is 9.78 Å². The molecule has 0 saturated carbocycles. The van der Waals surface area contributed by atoms with Crippen molar-refractivity contribution in [1.82, 2.24) is 57.8 Å². The molecule has 0 fully saturated rings. The number of H-pyrrole nitrogens is 1. The van der Waals surface area contributed by atoms with Gasteiger partial charge in [0.1, 0.15) is 48.0 Å². The second-order valence-corrected chi connectivity index (χ2v) is 18.1. The molecule has 0 aliphatic heterocycles. The molecule has 1 aromatic carbocycles. The number of imidazole rings is 1. The van der Waals surface area contributed by atoms with Crippen LogP contribution in [0.25, 0.3) is 0 Å². The second-order valence-electron chi connectivity index (χ2n) is 17.4. The van der Waals surface area contributed by atoms with Crippen molar-refractivity contribution in [3.05, 3.63) is 48.0 Å². The third-order valence-corrected chi connectivity index (χ3v) is 11.5. The van der Waals surface area contributed by atoms with Crippen LogP contribution in [0, 0.1) is 11.8 Å². The third kappa shape index (κ3) is 22.3. The summed E-state index contributed by atoms with van der Waals surface area (Å²) in [5.74, 6) is -10.9. The van der Waals surface area contributed by atoms with E-state index in [1.165, 1.54) is 36.8 Å². The fraction of sp³-hybridized carbons (Fsp3) is 0.545. The van der Waals surface area contributed by atoms with Crippen LogP contribution in [0.4, 0.5) is 0 Å². The van der Waals surface area contributed by atoms with E-state index in [9.17, 15) is 63.3 Å². The molecule has 0 unspecified atom stereocenters. The van der Waals surface area contributed by atoms with Crippen LogP contribution in [0.5, 0.6) is 5.75 Å². The lowest BCUT2D eigenvalue weighted by molar-refractivity contribution is -0.141. The monoisotopic (exact) mass is 1080 g/mol. The highest BCUT2D eigenvalue weighted by Crippen LogP contribution is 2.13. The predicted octanol–water partition coefficient (Wildman–Crippen LogP) is -5.84. The zero-order valence-corrected chi connectivity index (χ0v) is 43.0. The van der Waals surface area contributed by atoms with Gasteiger partial charge in [-0.05, 0) is 42.4 Å². The first-order valence-corrected chi connectivity index (χ1v) is 24.4. The first-order chi connectivity index (χ1) is 34.9. The van der Waals surface area contributed by atoms with Gasteiger partial charge < -0.3 is 85.4 Å². The molecular formula is C44H69N15O13S2. The van der Waals surface area contributed by atoms with Gasteiger partial charge in [0.05, 0.1) is 32.1 Å². The van der Waals surface area contributed by atoms with E-state index in [2.05, 4.69) is 88.1 Å². The number of carboxylic acids is 1. The molecule has 2 aromatic rings. The normalized spacial score (nSPS) is 14.2. The van der Waals surface area contributed by atoms with E-state index < -0.39 is 139 Å². The third-order valence-electron chi connectivity index (χ3n) is 10.7. The SMILES string of the molecule is CC(C)[C@H](NC(=O)CNC(=O)[C@@H](NC(=O)[C@H](Cc1ccc(O)cc1)NC(=O)CNC(=O)[C@H](CO)NC(=O)[C@H](Cc1cnc[nH]1)NC(=O)[C@@H](N)CS)C(C)C)C(=O)N[C@@H](CCCN=C(N)N)C(=O)N[C@@H](CS)C(=O)O. The number of nitrogens with one attached hydrogen (secondary N) is 10. The van der Waals surface area contributed by atoms with Crippen LogP contribution < -0.4 is 65.1 Å². The number of carbonyl (C=O) groups is 10. The summed E-state index contributed by atoms with van der Waals surface area (Å²) in [6.45, 7) is 4.07. The average molecular weight is 1080 g/mol. The molecule has 19 N–H and O–H groups in total. The van der Waals surface area contributed by atoms with Crippen molar-refractivity contribution in [2.75, 3.05) is 37.7 Å². The number of hydrogen-bond acceptors (Lipinski definition) is 17. The number of aliphatic hydroxyl groups excluding tert-OH is 1. The van der Waals surface area contributed by atoms with Crippen LogP contribution >= 0.6 is 25.3 Å². The molecular weight excluding hydrogens is 1010 g/mol. The van der Waals surface area contributed by atoms with Gasteiger partial charge in [-0.15, -0.1) is 0 Å². The van der Waals surface area contributed by atoms with Gasteiger partial charge in [-0.2, -0.15) is 25.3 Å². The van der Waals surface area contributed by atoms with Gasteiger partial charge in [0, 0.05) is 42.8 Å². The summed E-state index contributed by atoms with van der Waals surface area (Å²) in [5, 5.41) is 51.2. The van der Waals surface area contributed by atoms with E-state index in [0.29, 0.717) is 11.3 Å². The molecule has 0 spiro atoms. The number of nitrogens with zero attached hydrogens (tertiary/aromatic N) is 2. The number of amides is 9. The lowest BCUT2D eigenvalue weighted by Gasteiger charge is -2.27. The molecule has 28 nitrogen and oxygen atoms in total. The Hall–Kier alpha value is -7.18. The second kappa shape index (κ2) is 32.1. The summed E-state index contributed by atoms with van der Waals surface area (Å²) in [6.07, 6.45) is 2.62. The summed E-state index contributed by atoms with van der Waals surface area (Å²) in [7, 11) is 0. The van der Waals surface area contributed by atoms with E-state index in [0.717, 1.165) is 0 Å². The van der Waals surface area contributed by atoms with Gasteiger partial charge in [-0.1, -0.05) is 39.8 Å². The number of rotatable bonds is 32. The molecule has 30 heteroatoms. The molecule has 410 valence electrons. The topological polar surface area (TPSA) is 459 Å². The van der Waals surface area contributed by atoms with Crippen molar-refractivity contribution in [3.63, 3.8) is 0 Å². The number of aromatic hydroxyl groups is 1. The minimum Gasteiger partial charge on any atom is -0.508 e. The molecule has 1 heterocycles. The Morgan fingerprint density at radius 1 is 0.649 bits per heavy atom. The molecule has 74 heavy (non-hydrogen) atoms. The molecule has 0 bridgehead atoms. The lowest BCUT2D eigenvalue weighted by Crippen LogP contribution is -2.59. The summed E-state index contributed by atoms with van der Waals surface area (Å²) in [4.78, 5) is 142. The maximum absolute atomic E-state index is 13.9. The minimum absolute atomic E-state index is 0.0280. The minimum atomic E-state index is -1.62. The Labute approximate surface area is 437 Å². The number of aromatic amines is 1. The molecule has 0 saturated heterocycles. The number of aromatic nitrogens is 2. The Kier molecular flexibility index (Phi) is 27.3. The fourth-order valence-corrected chi connectivity index (χ4v) is 7.00. The van der Waals surface area contributed by atoms with E-state index in [-0.39, 0.29) is 55.4 Å². The first-order valence-electron chi connectivity index (χ1n) is 23.2. The molecule has 9 amide bonds. The molecule has 8 atom stereocenters. The summed E-state index contributed by atoms with van der Waals surface area (Å²) < 4.78 is 0. The number of nitrogens with two attached hydrogens (primary N) is 3. The number of carboxylic acid groups (broad SMARTS) is 1.